The summed E-state index contributed by atoms with van der Waals surface area (Å²) in [5.74, 6) is -0.228. The standard InChI is InChI=1S/C19H15F3N4O/c20-19(21,22)15-5-1-2-6-16(15)26-18(27)14-7-9-24-17(10-14)25-12-13-4-3-8-23-11-13/h1-11H,12H2,(H,24,25)(H,26,27). The van der Waals surface area contributed by atoms with Crippen molar-refractivity contribution in [2.24, 2.45) is 0 Å². The Bertz CT molecular complexity index is 929. The molecule has 8 heteroatoms. The zero-order valence-corrected chi connectivity index (χ0v) is 14.0. The topological polar surface area (TPSA) is 66.9 Å². The molecule has 1 aromatic carbocycles. The highest BCUT2D eigenvalue weighted by atomic mass is 19.4. The molecule has 1 amide bonds. The van der Waals surface area contributed by atoms with Crippen LogP contribution in [-0.2, 0) is 12.7 Å². The number of carbonyl (C=O) groups is 1. The maximum absolute atomic E-state index is 13.1. The van der Waals surface area contributed by atoms with Gasteiger partial charge in [-0.3, -0.25) is 9.78 Å². The second-order valence-electron chi connectivity index (χ2n) is 5.64. The van der Waals surface area contributed by atoms with E-state index in [0.717, 1.165) is 11.6 Å². The van der Waals surface area contributed by atoms with Crippen LogP contribution in [0.2, 0.25) is 0 Å². The first-order chi connectivity index (χ1) is 12.9. The van der Waals surface area contributed by atoms with Crippen LogP contribution < -0.4 is 10.6 Å². The largest absolute Gasteiger partial charge is 0.418 e. The van der Waals surface area contributed by atoms with E-state index in [1.54, 1.807) is 18.5 Å². The van der Waals surface area contributed by atoms with E-state index in [0.29, 0.717) is 12.4 Å². The van der Waals surface area contributed by atoms with Gasteiger partial charge in [-0.2, -0.15) is 13.2 Å². The average Bonchev–Trinajstić information content (AvgIpc) is 2.67. The van der Waals surface area contributed by atoms with Crippen LogP contribution in [-0.4, -0.2) is 15.9 Å². The minimum Gasteiger partial charge on any atom is -0.366 e. The minimum absolute atomic E-state index is 0.190. The van der Waals surface area contributed by atoms with Crippen molar-refractivity contribution in [1.82, 2.24) is 9.97 Å². The van der Waals surface area contributed by atoms with Crippen molar-refractivity contribution in [3.05, 3.63) is 83.8 Å². The Kier molecular flexibility index (Phi) is 5.35. The number of nitrogens with one attached hydrogen (secondary N) is 2. The van der Waals surface area contributed by atoms with Crippen LogP contribution in [0.25, 0.3) is 0 Å². The Morgan fingerprint density at radius 2 is 1.85 bits per heavy atom. The maximum atomic E-state index is 13.1. The average molecular weight is 372 g/mol. The lowest BCUT2D eigenvalue weighted by Crippen LogP contribution is -2.17. The van der Waals surface area contributed by atoms with E-state index in [2.05, 4.69) is 20.6 Å². The molecule has 0 aliphatic rings. The molecule has 0 spiro atoms. The second-order valence-corrected chi connectivity index (χ2v) is 5.64. The molecule has 2 N–H and O–H groups in total. The van der Waals surface area contributed by atoms with Crippen LogP contribution in [0.5, 0.6) is 0 Å². The molecular formula is C19H15F3N4O. The summed E-state index contributed by atoms with van der Waals surface area (Å²) in [6.07, 6.45) is 0.206. The number of aromatic nitrogens is 2. The SMILES string of the molecule is O=C(Nc1ccccc1C(F)(F)F)c1ccnc(NCc2cccnc2)c1. The van der Waals surface area contributed by atoms with Gasteiger partial charge in [0.1, 0.15) is 5.82 Å². The van der Waals surface area contributed by atoms with Gasteiger partial charge in [-0.05, 0) is 35.9 Å². The molecule has 138 valence electrons. The van der Waals surface area contributed by atoms with Gasteiger partial charge in [0, 0.05) is 30.7 Å². The molecular weight excluding hydrogens is 357 g/mol. The third kappa shape index (κ3) is 4.81. The molecule has 5 nitrogen and oxygen atoms in total. The summed E-state index contributed by atoms with van der Waals surface area (Å²) < 4.78 is 39.2. The molecule has 0 unspecified atom stereocenters. The van der Waals surface area contributed by atoms with Crippen molar-refractivity contribution >= 4 is 17.4 Å². The monoisotopic (exact) mass is 372 g/mol. The Morgan fingerprint density at radius 1 is 1.04 bits per heavy atom. The molecule has 3 rings (SSSR count). The Morgan fingerprint density at radius 3 is 2.59 bits per heavy atom. The molecule has 3 aromatic rings. The number of amides is 1. The van der Waals surface area contributed by atoms with Crippen LogP contribution in [0.3, 0.4) is 0 Å². The highest BCUT2D eigenvalue weighted by molar-refractivity contribution is 6.05. The number of pyridine rings is 2. The minimum atomic E-state index is -4.56. The lowest BCUT2D eigenvalue weighted by Gasteiger charge is -2.14. The molecule has 0 aliphatic carbocycles. The van der Waals surface area contributed by atoms with E-state index in [9.17, 15) is 18.0 Å². The van der Waals surface area contributed by atoms with Gasteiger partial charge < -0.3 is 10.6 Å². The molecule has 0 radical (unpaired) electrons. The zero-order valence-electron chi connectivity index (χ0n) is 14.0. The van der Waals surface area contributed by atoms with Crippen molar-refractivity contribution in [2.45, 2.75) is 12.7 Å². The quantitative estimate of drug-likeness (QED) is 0.698. The van der Waals surface area contributed by atoms with Crippen LogP contribution in [0, 0.1) is 0 Å². The summed E-state index contributed by atoms with van der Waals surface area (Å²) in [6, 6.07) is 11.4. The highest BCUT2D eigenvalue weighted by Gasteiger charge is 2.33. The third-order valence-corrected chi connectivity index (χ3v) is 3.70. The smallest absolute Gasteiger partial charge is 0.366 e. The third-order valence-electron chi connectivity index (χ3n) is 3.70. The predicted octanol–water partition coefficient (Wildman–Crippen LogP) is 4.36. The zero-order chi connectivity index (χ0) is 19.3. The summed E-state index contributed by atoms with van der Waals surface area (Å²) in [6.45, 7) is 0.447. The van der Waals surface area contributed by atoms with Crippen LogP contribution in [0.1, 0.15) is 21.5 Å². The van der Waals surface area contributed by atoms with Gasteiger partial charge in [0.25, 0.3) is 5.91 Å². The number of anilines is 2. The number of rotatable bonds is 5. The molecule has 0 aliphatic heterocycles. The van der Waals surface area contributed by atoms with Crippen molar-refractivity contribution in [3.8, 4) is 0 Å². The number of para-hydroxylation sites is 1. The van der Waals surface area contributed by atoms with Gasteiger partial charge in [0.2, 0.25) is 0 Å². The molecule has 27 heavy (non-hydrogen) atoms. The van der Waals surface area contributed by atoms with Crippen molar-refractivity contribution < 1.29 is 18.0 Å². The summed E-state index contributed by atoms with van der Waals surface area (Å²) in [5.41, 5.74) is -0.0806. The van der Waals surface area contributed by atoms with Crippen molar-refractivity contribution in [2.75, 3.05) is 10.6 Å². The summed E-state index contributed by atoms with van der Waals surface area (Å²) in [4.78, 5) is 20.5. The van der Waals surface area contributed by atoms with E-state index < -0.39 is 17.6 Å². The first kappa shape index (κ1) is 18.4. The molecule has 2 aromatic heterocycles. The molecule has 2 heterocycles. The van der Waals surface area contributed by atoms with E-state index in [-0.39, 0.29) is 11.3 Å². The summed E-state index contributed by atoms with van der Waals surface area (Å²) >= 11 is 0. The van der Waals surface area contributed by atoms with Crippen LogP contribution in [0.4, 0.5) is 24.7 Å². The van der Waals surface area contributed by atoms with E-state index in [1.165, 1.54) is 36.5 Å². The Labute approximate surface area is 153 Å². The Hall–Kier alpha value is -3.42. The van der Waals surface area contributed by atoms with Crippen LogP contribution >= 0.6 is 0 Å². The fraction of sp³-hybridized carbons (Fsp3) is 0.105. The first-order valence-corrected chi connectivity index (χ1v) is 8.00. The highest BCUT2D eigenvalue weighted by Crippen LogP contribution is 2.34. The first-order valence-electron chi connectivity index (χ1n) is 8.00. The van der Waals surface area contributed by atoms with Crippen molar-refractivity contribution in [1.29, 1.82) is 0 Å². The lowest BCUT2D eigenvalue weighted by molar-refractivity contribution is -0.136. The van der Waals surface area contributed by atoms with Gasteiger partial charge in [-0.15, -0.1) is 0 Å². The number of nitrogens with zero attached hydrogens (tertiary/aromatic N) is 2. The number of benzene rings is 1. The van der Waals surface area contributed by atoms with Gasteiger partial charge in [0.15, 0.2) is 0 Å². The Balaban J connectivity index is 1.73. The van der Waals surface area contributed by atoms with Gasteiger partial charge in [-0.25, -0.2) is 4.98 Å². The molecule has 0 atom stereocenters. The van der Waals surface area contributed by atoms with E-state index in [1.807, 2.05) is 6.07 Å². The number of hydrogen-bond donors (Lipinski definition) is 2. The lowest BCUT2D eigenvalue weighted by atomic mass is 10.1. The molecule has 0 fully saturated rings. The molecule has 0 saturated heterocycles. The van der Waals surface area contributed by atoms with E-state index >= 15 is 0 Å². The van der Waals surface area contributed by atoms with Crippen LogP contribution in [0.15, 0.2) is 67.1 Å². The summed E-state index contributed by atoms with van der Waals surface area (Å²) in [5, 5.41) is 5.35. The second kappa shape index (κ2) is 7.86. The van der Waals surface area contributed by atoms with Gasteiger partial charge >= 0.3 is 6.18 Å². The molecule has 0 saturated carbocycles. The number of carbonyl (C=O) groups excluding carboxylic acids is 1. The fourth-order valence-electron chi connectivity index (χ4n) is 2.40. The number of alkyl halides is 3. The fourth-order valence-corrected chi connectivity index (χ4v) is 2.40. The number of hydrogen-bond acceptors (Lipinski definition) is 4. The van der Waals surface area contributed by atoms with Gasteiger partial charge in [-0.1, -0.05) is 18.2 Å². The summed E-state index contributed by atoms with van der Waals surface area (Å²) in [7, 11) is 0. The maximum Gasteiger partial charge on any atom is 0.418 e. The predicted molar refractivity (Wildman–Crippen MR) is 95.2 cm³/mol. The van der Waals surface area contributed by atoms with Crippen molar-refractivity contribution in [3.63, 3.8) is 0 Å². The van der Waals surface area contributed by atoms with E-state index in [4.69, 9.17) is 0 Å². The van der Waals surface area contributed by atoms with Gasteiger partial charge in [0.05, 0.1) is 11.3 Å². The number of halogens is 3. The normalized spacial score (nSPS) is 11.1. The molecule has 0 bridgehead atoms.